The van der Waals surface area contributed by atoms with Crippen LogP contribution in [0.5, 0.6) is 0 Å². The summed E-state index contributed by atoms with van der Waals surface area (Å²) in [4.78, 5) is 28.3. The second kappa shape index (κ2) is 11.3. The monoisotopic (exact) mass is 462 g/mol. The van der Waals surface area contributed by atoms with Gasteiger partial charge in [-0.1, -0.05) is 60.1 Å². The Morgan fingerprint density at radius 1 is 1.07 bits per heavy atom. The highest BCUT2D eigenvalue weighted by Gasteiger charge is 2.26. The van der Waals surface area contributed by atoms with Crippen LogP contribution < -0.4 is 5.32 Å². The van der Waals surface area contributed by atoms with Crippen molar-refractivity contribution < 1.29 is 9.59 Å². The maximum absolute atomic E-state index is 13.0. The molecule has 0 heterocycles. The molecule has 0 aromatic heterocycles. The maximum Gasteiger partial charge on any atom is 0.242 e. The van der Waals surface area contributed by atoms with Crippen LogP contribution in [0.15, 0.2) is 64.0 Å². The number of nitrogens with one attached hydrogen (secondary N) is 1. The third-order valence-corrected chi connectivity index (χ3v) is 5.69. The van der Waals surface area contributed by atoms with Crippen molar-refractivity contribution in [2.45, 2.75) is 38.3 Å². The van der Waals surface area contributed by atoms with Gasteiger partial charge in [-0.25, -0.2) is 0 Å². The van der Waals surface area contributed by atoms with Gasteiger partial charge in [-0.15, -0.1) is 11.8 Å². The Morgan fingerprint density at radius 3 is 2.43 bits per heavy atom. The fraction of sp³-hybridized carbons (Fsp3) is 0.364. The largest absolute Gasteiger partial charge is 0.354 e. The van der Waals surface area contributed by atoms with Crippen molar-refractivity contribution in [2.75, 3.05) is 12.3 Å². The number of nitrogens with zero attached hydrogens (tertiary/aromatic N) is 1. The van der Waals surface area contributed by atoms with Gasteiger partial charge in [-0.2, -0.15) is 0 Å². The summed E-state index contributed by atoms with van der Waals surface area (Å²) in [7, 11) is 0. The Labute approximate surface area is 180 Å². The number of thioether (sulfide) groups is 1. The topological polar surface area (TPSA) is 49.4 Å². The number of amides is 2. The van der Waals surface area contributed by atoms with Gasteiger partial charge in [0.05, 0.1) is 5.75 Å². The Morgan fingerprint density at radius 2 is 1.79 bits per heavy atom. The van der Waals surface area contributed by atoms with E-state index in [1.807, 2.05) is 68.4 Å². The van der Waals surface area contributed by atoms with E-state index >= 15 is 0 Å². The number of carbonyl (C=O) groups is 2. The molecule has 28 heavy (non-hydrogen) atoms. The maximum atomic E-state index is 13.0. The first-order valence-corrected chi connectivity index (χ1v) is 11.1. The van der Waals surface area contributed by atoms with Crippen LogP contribution in [0.4, 0.5) is 0 Å². The van der Waals surface area contributed by atoms with E-state index < -0.39 is 6.04 Å². The molecule has 0 aliphatic rings. The molecule has 1 atom stereocenters. The fourth-order valence-electron chi connectivity index (χ4n) is 2.61. The molecule has 0 spiro atoms. The molecule has 0 saturated carbocycles. The molecule has 150 valence electrons. The van der Waals surface area contributed by atoms with E-state index in [1.54, 1.807) is 11.8 Å². The second-order valence-corrected chi connectivity index (χ2v) is 9.03. The van der Waals surface area contributed by atoms with Crippen LogP contribution in [-0.4, -0.2) is 35.1 Å². The van der Waals surface area contributed by atoms with Crippen molar-refractivity contribution in [3.63, 3.8) is 0 Å². The number of carbonyl (C=O) groups excluding carboxylic acids is 2. The summed E-state index contributed by atoms with van der Waals surface area (Å²) >= 11 is 4.96. The first-order valence-electron chi connectivity index (χ1n) is 9.36. The SMILES string of the molecule is CC(C)CNC(=O)[C@@H](C)N(Cc1cccc(Br)c1)C(=O)CSc1ccccc1. The lowest BCUT2D eigenvalue weighted by Gasteiger charge is -2.29. The summed E-state index contributed by atoms with van der Waals surface area (Å²) in [6.45, 7) is 6.88. The molecule has 0 aliphatic carbocycles. The normalized spacial score (nSPS) is 11.9. The lowest BCUT2D eigenvalue weighted by Crippen LogP contribution is -2.48. The van der Waals surface area contributed by atoms with Gasteiger partial charge in [0.2, 0.25) is 11.8 Å². The van der Waals surface area contributed by atoms with Gasteiger partial charge in [0.1, 0.15) is 6.04 Å². The van der Waals surface area contributed by atoms with Crippen molar-refractivity contribution in [1.29, 1.82) is 0 Å². The molecule has 0 radical (unpaired) electrons. The van der Waals surface area contributed by atoms with E-state index in [-0.39, 0.29) is 11.8 Å². The van der Waals surface area contributed by atoms with E-state index in [4.69, 9.17) is 0 Å². The second-order valence-electron chi connectivity index (χ2n) is 7.07. The number of halogens is 1. The molecule has 0 fully saturated rings. The molecular weight excluding hydrogens is 436 g/mol. The van der Waals surface area contributed by atoms with E-state index in [1.165, 1.54) is 11.8 Å². The van der Waals surface area contributed by atoms with E-state index in [0.717, 1.165) is 14.9 Å². The van der Waals surface area contributed by atoms with Crippen LogP contribution in [0.2, 0.25) is 0 Å². The van der Waals surface area contributed by atoms with Crippen LogP contribution in [0, 0.1) is 5.92 Å². The van der Waals surface area contributed by atoms with Crippen LogP contribution in [0.1, 0.15) is 26.3 Å². The number of hydrogen-bond acceptors (Lipinski definition) is 3. The molecule has 0 aliphatic heterocycles. The summed E-state index contributed by atoms with van der Waals surface area (Å²) in [6, 6.07) is 17.1. The minimum Gasteiger partial charge on any atom is -0.354 e. The molecule has 6 heteroatoms. The van der Waals surface area contributed by atoms with Gasteiger partial charge in [0.25, 0.3) is 0 Å². The summed E-state index contributed by atoms with van der Waals surface area (Å²) in [5.74, 6) is 0.474. The van der Waals surface area contributed by atoms with Gasteiger partial charge in [0, 0.05) is 22.5 Å². The molecule has 2 amide bonds. The molecule has 0 unspecified atom stereocenters. The van der Waals surface area contributed by atoms with Gasteiger partial charge >= 0.3 is 0 Å². The van der Waals surface area contributed by atoms with Crippen LogP contribution in [-0.2, 0) is 16.1 Å². The first-order chi connectivity index (χ1) is 13.4. The molecule has 2 aromatic rings. The average Bonchev–Trinajstić information content (AvgIpc) is 2.68. The van der Waals surface area contributed by atoms with E-state index in [0.29, 0.717) is 24.8 Å². The number of benzene rings is 2. The molecule has 2 rings (SSSR count). The quantitative estimate of drug-likeness (QED) is 0.547. The highest BCUT2D eigenvalue weighted by atomic mass is 79.9. The molecule has 0 bridgehead atoms. The lowest BCUT2D eigenvalue weighted by atomic mass is 10.1. The fourth-order valence-corrected chi connectivity index (χ4v) is 3.86. The van der Waals surface area contributed by atoms with Gasteiger partial charge < -0.3 is 10.2 Å². The smallest absolute Gasteiger partial charge is 0.242 e. The minimum absolute atomic E-state index is 0.0546. The predicted octanol–water partition coefficient (Wildman–Crippen LogP) is 4.73. The van der Waals surface area contributed by atoms with Gasteiger partial charge in [0.15, 0.2) is 0 Å². The van der Waals surface area contributed by atoms with E-state index in [9.17, 15) is 9.59 Å². The highest BCUT2D eigenvalue weighted by molar-refractivity contribution is 9.10. The van der Waals surface area contributed by atoms with Crippen LogP contribution >= 0.6 is 27.7 Å². The average molecular weight is 463 g/mol. The summed E-state index contributed by atoms with van der Waals surface area (Å²) in [6.07, 6.45) is 0. The zero-order valence-electron chi connectivity index (χ0n) is 16.5. The first kappa shape index (κ1) is 22.5. The van der Waals surface area contributed by atoms with Gasteiger partial charge in [-0.3, -0.25) is 9.59 Å². The summed E-state index contributed by atoms with van der Waals surface area (Å²) in [5.41, 5.74) is 0.982. The highest BCUT2D eigenvalue weighted by Crippen LogP contribution is 2.20. The summed E-state index contributed by atoms with van der Waals surface area (Å²) in [5, 5.41) is 2.94. The third-order valence-electron chi connectivity index (χ3n) is 4.20. The van der Waals surface area contributed by atoms with E-state index in [2.05, 4.69) is 21.2 Å². The van der Waals surface area contributed by atoms with Crippen molar-refractivity contribution in [3.8, 4) is 0 Å². The Kier molecular flexibility index (Phi) is 9.06. The zero-order valence-corrected chi connectivity index (χ0v) is 18.9. The van der Waals surface area contributed by atoms with Crippen LogP contribution in [0.3, 0.4) is 0 Å². The van der Waals surface area contributed by atoms with Crippen molar-refractivity contribution in [2.24, 2.45) is 5.92 Å². The number of rotatable bonds is 9. The standard InChI is InChI=1S/C22H27BrN2O2S/c1-16(2)13-24-22(27)17(3)25(14-18-8-7-9-19(23)12-18)21(26)15-28-20-10-5-4-6-11-20/h4-12,16-17H,13-15H2,1-3H3,(H,24,27)/t17-/m1/s1. The van der Waals surface area contributed by atoms with Crippen molar-refractivity contribution >= 4 is 39.5 Å². The number of hydrogen-bond donors (Lipinski definition) is 1. The Bertz CT molecular complexity index is 783. The molecule has 4 nitrogen and oxygen atoms in total. The predicted molar refractivity (Wildman–Crippen MR) is 119 cm³/mol. The van der Waals surface area contributed by atoms with Crippen molar-refractivity contribution in [3.05, 3.63) is 64.6 Å². The molecular formula is C22H27BrN2O2S. The summed E-state index contributed by atoms with van der Waals surface area (Å²) < 4.78 is 0.952. The Hall–Kier alpha value is -1.79. The molecule has 2 aromatic carbocycles. The molecule has 1 N–H and O–H groups in total. The lowest BCUT2D eigenvalue weighted by molar-refractivity contribution is -0.138. The molecule has 0 saturated heterocycles. The van der Waals surface area contributed by atoms with Crippen molar-refractivity contribution in [1.82, 2.24) is 10.2 Å². The Balaban J connectivity index is 2.11. The third kappa shape index (κ3) is 7.32. The minimum atomic E-state index is -0.540. The van der Waals surface area contributed by atoms with Gasteiger partial charge in [-0.05, 0) is 42.7 Å². The van der Waals surface area contributed by atoms with Crippen LogP contribution in [0.25, 0.3) is 0 Å². The zero-order chi connectivity index (χ0) is 20.5.